The standard InChI is InChI=1S/C10H8F4O2/c1-16-9(15)4-6-2-7(10(12,13)14)5-8(11)3-6/h2-3,5H,4H2,1H3. The number of carbonyl (C=O) groups is 1. The molecule has 0 bridgehead atoms. The first-order valence-electron chi connectivity index (χ1n) is 4.26. The molecule has 0 spiro atoms. The van der Waals surface area contributed by atoms with Crippen LogP contribution in [-0.4, -0.2) is 13.1 Å². The fourth-order valence-corrected chi connectivity index (χ4v) is 1.15. The van der Waals surface area contributed by atoms with Crippen molar-refractivity contribution in [1.29, 1.82) is 0 Å². The summed E-state index contributed by atoms with van der Waals surface area (Å²) in [4.78, 5) is 10.8. The van der Waals surface area contributed by atoms with Gasteiger partial charge in [0.2, 0.25) is 0 Å². The molecule has 0 atom stereocenters. The van der Waals surface area contributed by atoms with Crippen molar-refractivity contribution in [2.45, 2.75) is 12.6 Å². The predicted octanol–water partition coefficient (Wildman–Crippen LogP) is 2.56. The topological polar surface area (TPSA) is 26.3 Å². The van der Waals surface area contributed by atoms with Gasteiger partial charge in [0.05, 0.1) is 19.1 Å². The maximum Gasteiger partial charge on any atom is 0.416 e. The quantitative estimate of drug-likeness (QED) is 0.582. The Labute approximate surface area is 88.8 Å². The summed E-state index contributed by atoms with van der Waals surface area (Å²) in [6.07, 6.45) is -5.02. The van der Waals surface area contributed by atoms with Gasteiger partial charge in [0.15, 0.2) is 0 Å². The number of carbonyl (C=O) groups excluding carboxylic acids is 1. The maximum atomic E-state index is 12.9. The maximum absolute atomic E-state index is 12.9. The molecular weight excluding hydrogens is 228 g/mol. The Balaban J connectivity index is 3.04. The highest BCUT2D eigenvalue weighted by atomic mass is 19.4. The van der Waals surface area contributed by atoms with Crippen LogP contribution < -0.4 is 0 Å². The molecule has 6 heteroatoms. The molecular formula is C10H8F4O2. The van der Waals surface area contributed by atoms with E-state index in [1.165, 1.54) is 0 Å². The van der Waals surface area contributed by atoms with E-state index >= 15 is 0 Å². The summed E-state index contributed by atoms with van der Waals surface area (Å²) in [5.74, 6) is -1.76. The zero-order chi connectivity index (χ0) is 12.3. The molecule has 0 fully saturated rings. The molecule has 0 aliphatic rings. The van der Waals surface area contributed by atoms with Crippen LogP contribution in [0.1, 0.15) is 11.1 Å². The lowest BCUT2D eigenvalue weighted by Crippen LogP contribution is -2.09. The van der Waals surface area contributed by atoms with Crippen LogP contribution in [0.25, 0.3) is 0 Å². The molecule has 0 saturated heterocycles. The summed E-state index contributed by atoms with van der Waals surface area (Å²) in [6.45, 7) is 0. The Morgan fingerprint density at radius 1 is 1.31 bits per heavy atom. The number of hydrogen-bond acceptors (Lipinski definition) is 2. The van der Waals surface area contributed by atoms with E-state index < -0.39 is 29.9 Å². The summed E-state index contributed by atoms with van der Waals surface area (Å²) in [7, 11) is 1.10. The number of rotatable bonds is 2. The molecule has 0 aromatic heterocycles. The zero-order valence-corrected chi connectivity index (χ0v) is 8.27. The van der Waals surface area contributed by atoms with Gasteiger partial charge in [-0.15, -0.1) is 0 Å². The van der Waals surface area contributed by atoms with Crippen molar-refractivity contribution in [2.24, 2.45) is 0 Å². The third kappa shape index (κ3) is 3.22. The minimum Gasteiger partial charge on any atom is -0.469 e. The molecule has 0 N–H and O–H groups in total. The van der Waals surface area contributed by atoms with Crippen LogP contribution in [0.2, 0.25) is 0 Å². The van der Waals surface area contributed by atoms with E-state index in [0.29, 0.717) is 6.07 Å². The molecule has 0 heterocycles. The molecule has 0 radical (unpaired) electrons. The van der Waals surface area contributed by atoms with E-state index in [0.717, 1.165) is 19.2 Å². The summed E-state index contributed by atoms with van der Waals surface area (Å²) in [5, 5.41) is 0. The SMILES string of the molecule is COC(=O)Cc1cc(F)cc(C(F)(F)F)c1. The van der Waals surface area contributed by atoms with Crippen molar-refractivity contribution in [1.82, 2.24) is 0 Å². The summed E-state index contributed by atoms with van der Waals surface area (Å²) in [6, 6.07) is 1.97. The van der Waals surface area contributed by atoms with E-state index in [1.807, 2.05) is 0 Å². The molecule has 0 saturated carbocycles. The molecule has 2 nitrogen and oxygen atoms in total. The number of esters is 1. The highest BCUT2D eigenvalue weighted by Crippen LogP contribution is 2.30. The summed E-state index contributed by atoms with van der Waals surface area (Å²) < 4.78 is 54.0. The average Bonchev–Trinajstić information content (AvgIpc) is 2.15. The largest absolute Gasteiger partial charge is 0.469 e. The third-order valence-electron chi connectivity index (χ3n) is 1.86. The predicted molar refractivity (Wildman–Crippen MR) is 47.1 cm³/mol. The first-order chi connectivity index (χ1) is 7.32. The zero-order valence-electron chi connectivity index (χ0n) is 8.27. The number of alkyl halides is 3. The van der Waals surface area contributed by atoms with Crippen molar-refractivity contribution in [3.05, 3.63) is 35.1 Å². The van der Waals surface area contributed by atoms with E-state index in [9.17, 15) is 22.4 Å². The highest BCUT2D eigenvalue weighted by molar-refractivity contribution is 5.72. The van der Waals surface area contributed by atoms with Gasteiger partial charge < -0.3 is 4.74 Å². The number of ether oxygens (including phenoxy) is 1. The Morgan fingerprint density at radius 3 is 2.44 bits per heavy atom. The summed E-state index contributed by atoms with van der Waals surface area (Å²) in [5.41, 5.74) is -1.19. The Morgan fingerprint density at radius 2 is 1.94 bits per heavy atom. The minimum absolute atomic E-state index is 0.0702. The first kappa shape index (κ1) is 12.5. The third-order valence-corrected chi connectivity index (χ3v) is 1.86. The van der Waals surface area contributed by atoms with Crippen LogP contribution in [0.4, 0.5) is 17.6 Å². The van der Waals surface area contributed by atoms with Gasteiger partial charge in [0, 0.05) is 0 Å². The van der Waals surface area contributed by atoms with E-state index in [4.69, 9.17) is 0 Å². The Hall–Kier alpha value is -1.59. The summed E-state index contributed by atoms with van der Waals surface area (Å²) >= 11 is 0. The van der Waals surface area contributed by atoms with Crippen LogP contribution in [0.15, 0.2) is 18.2 Å². The van der Waals surface area contributed by atoms with Gasteiger partial charge in [-0.2, -0.15) is 13.2 Å². The second kappa shape index (κ2) is 4.51. The van der Waals surface area contributed by atoms with Crippen molar-refractivity contribution in [2.75, 3.05) is 7.11 Å². The van der Waals surface area contributed by atoms with Crippen LogP contribution >= 0.6 is 0 Å². The van der Waals surface area contributed by atoms with Gasteiger partial charge in [0.25, 0.3) is 0 Å². The van der Waals surface area contributed by atoms with E-state index in [2.05, 4.69) is 4.74 Å². The number of benzene rings is 1. The second-order valence-corrected chi connectivity index (χ2v) is 3.10. The molecule has 1 rings (SSSR count). The van der Waals surface area contributed by atoms with Crippen molar-refractivity contribution < 1.29 is 27.1 Å². The molecule has 0 unspecified atom stereocenters. The van der Waals surface area contributed by atoms with E-state index in [1.54, 1.807) is 0 Å². The lowest BCUT2D eigenvalue weighted by molar-refractivity contribution is -0.140. The molecule has 0 aliphatic heterocycles. The number of methoxy groups -OCH3 is 1. The normalized spacial score (nSPS) is 11.3. The fourth-order valence-electron chi connectivity index (χ4n) is 1.15. The van der Waals surface area contributed by atoms with Crippen molar-refractivity contribution >= 4 is 5.97 Å². The molecule has 0 aliphatic carbocycles. The smallest absolute Gasteiger partial charge is 0.416 e. The number of hydrogen-bond donors (Lipinski definition) is 0. The molecule has 0 amide bonds. The lowest BCUT2D eigenvalue weighted by Gasteiger charge is -2.08. The van der Waals surface area contributed by atoms with Crippen LogP contribution in [0, 0.1) is 5.82 Å². The van der Waals surface area contributed by atoms with Gasteiger partial charge in [-0.25, -0.2) is 4.39 Å². The van der Waals surface area contributed by atoms with Gasteiger partial charge in [0.1, 0.15) is 5.82 Å². The second-order valence-electron chi connectivity index (χ2n) is 3.10. The number of halogens is 4. The first-order valence-corrected chi connectivity index (χ1v) is 4.26. The highest BCUT2D eigenvalue weighted by Gasteiger charge is 2.31. The Bertz CT molecular complexity index is 398. The van der Waals surface area contributed by atoms with Crippen LogP contribution in [0.3, 0.4) is 0 Å². The molecule has 1 aromatic rings. The molecule has 16 heavy (non-hydrogen) atoms. The van der Waals surface area contributed by atoms with E-state index in [-0.39, 0.29) is 5.56 Å². The molecule has 1 aromatic carbocycles. The van der Waals surface area contributed by atoms with Crippen LogP contribution in [0.5, 0.6) is 0 Å². The minimum atomic E-state index is -4.63. The van der Waals surface area contributed by atoms with Gasteiger partial charge in [-0.1, -0.05) is 0 Å². The lowest BCUT2D eigenvalue weighted by atomic mass is 10.1. The van der Waals surface area contributed by atoms with Gasteiger partial charge >= 0.3 is 12.1 Å². The Kier molecular flexibility index (Phi) is 3.51. The molecule has 88 valence electrons. The monoisotopic (exact) mass is 236 g/mol. The van der Waals surface area contributed by atoms with Crippen LogP contribution in [-0.2, 0) is 22.1 Å². The van der Waals surface area contributed by atoms with Crippen molar-refractivity contribution in [3.63, 3.8) is 0 Å². The average molecular weight is 236 g/mol. The van der Waals surface area contributed by atoms with Gasteiger partial charge in [-0.3, -0.25) is 4.79 Å². The van der Waals surface area contributed by atoms with Crippen molar-refractivity contribution in [3.8, 4) is 0 Å². The fraction of sp³-hybridized carbons (Fsp3) is 0.300. The van der Waals surface area contributed by atoms with Gasteiger partial charge in [-0.05, 0) is 23.8 Å².